The molecule has 0 spiro atoms. The van der Waals surface area contributed by atoms with Crippen molar-refractivity contribution in [1.82, 2.24) is 5.32 Å². The molecule has 0 saturated heterocycles. The highest BCUT2D eigenvalue weighted by Crippen LogP contribution is 2.24. The van der Waals surface area contributed by atoms with Crippen LogP contribution in [0.25, 0.3) is 0 Å². The van der Waals surface area contributed by atoms with Crippen molar-refractivity contribution in [2.45, 2.75) is 18.8 Å². The van der Waals surface area contributed by atoms with Gasteiger partial charge in [0.2, 0.25) is 5.91 Å². The van der Waals surface area contributed by atoms with Gasteiger partial charge in [0.15, 0.2) is 0 Å². The predicted octanol–water partition coefficient (Wildman–Crippen LogP) is 3.12. The normalized spacial score (nSPS) is 13.1. The van der Waals surface area contributed by atoms with E-state index >= 15 is 0 Å². The molecule has 162 valence electrons. The number of nitrogens with one attached hydrogen (secondary N) is 2. The number of halogens is 3. The average molecular weight is 426 g/mol. The summed E-state index contributed by atoms with van der Waals surface area (Å²) in [4.78, 5) is 24.4. The van der Waals surface area contributed by atoms with Gasteiger partial charge >= 0.3 is 12.3 Å². The number of carbonyl (C=O) groups excluding carboxylic acids is 2. The fourth-order valence-corrected chi connectivity index (χ4v) is 2.37. The third kappa shape index (κ3) is 7.28. The van der Waals surface area contributed by atoms with Crippen LogP contribution in [0.3, 0.4) is 0 Å². The van der Waals surface area contributed by atoms with Gasteiger partial charge in [0.1, 0.15) is 23.6 Å². The van der Waals surface area contributed by atoms with Crippen molar-refractivity contribution in [1.29, 1.82) is 0 Å². The lowest BCUT2D eigenvalue weighted by Crippen LogP contribution is -2.56. The Hall–Kier alpha value is -3.27. The number of carbonyl (C=O) groups is 2. The molecule has 0 fully saturated rings. The van der Waals surface area contributed by atoms with Crippen LogP contribution in [0.5, 0.6) is 11.5 Å². The Balaban J connectivity index is 1.92. The molecule has 7 nitrogen and oxygen atoms in total. The minimum atomic E-state index is -4.80. The van der Waals surface area contributed by atoms with Crippen molar-refractivity contribution < 1.29 is 37.0 Å². The molecule has 2 N–H and O–H groups in total. The van der Waals surface area contributed by atoms with Crippen LogP contribution in [0.1, 0.15) is 6.92 Å². The van der Waals surface area contributed by atoms with Crippen LogP contribution < -0.4 is 20.1 Å². The lowest BCUT2D eigenvalue weighted by molar-refractivity contribution is -0.274. The molecule has 2 aromatic rings. The zero-order valence-corrected chi connectivity index (χ0v) is 16.3. The molecule has 10 heteroatoms. The molecule has 1 unspecified atom stereocenters. The first-order chi connectivity index (χ1) is 14.1. The highest BCUT2D eigenvalue weighted by Gasteiger charge is 2.36. The largest absolute Gasteiger partial charge is 0.573 e. The van der Waals surface area contributed by atoms with Gasteiger partial charge in [-0.3, -0.25) is 10.1 Å². The summed E-state index contributed by atoms with van der Waals surface area (Å²) in [5.41, 5.74) is -1.05. The second-order valence-corrected chi connectivity index (χ2v) is 6.40. The molecule has 0 aromatic heterocycles. The Morgan fingerprint density at radius 2 is 1.60 bits per heavy atom. The number of para-hydroxylation sites is 1. The van der Waals surface area contributed by atoms with Gasteiger partial charge in [-0.2, -0.15) is 0 Å². The zero-order valence-electron chi connectivity index (χ0n) is 16.3. The maximum absolute atomic E-state index is 12.2. The number of hydrogen-bond donors (Lipinski definition) is 2. The summed E-state index contributed by atoms with van der Waals surface area (Å²) in [6, 6.07) is 13.5. The molecule has 30 heavy (non-hydrogen) atoms. The van der Waals surface area contributed by atoms with Crippen molar-refractivity contribution in [2.75, 3.05) is 25.6 Å². The van der Waals surface area contributed by atoms with Crippen molar-refractivity contribution in [3.8, 4) is 11.5 Å². The first-order valence-electron chi connectivity index (χ1n) is 8.78. The Morgan fingerprint density at radius 3 is 2.17 bits per heavy atom. The Kier molecular flexibility index (Phi) is 7.65. The minimum Gasteiger partial charge on any atom is -0.491 e. The predicted molar refractivity (Wildman–Crippen MR) is 102 cm³/mol. The van der Waals surface area contributed by atoms with Crippen LogP contribution >= 0.6 is 0 Å². The highest BCUT2D eigenvalue weighted by atomic mass is 19.4. The topological polar surface area (TPSA) is 85.9 Å². The van der Waals surface area contributed by atoms with E-state index < -0.39 is 29.5 Å². The summed E-state index contributed by atoms with van der Waals surface area (Å²) in [6.45, 7) is 1.16. The van der Waals surface area contributed by atoms with E-state index in [0.29, 0.717) is 5.75 Å². The van der Waals surface area contributed by atoms with Crippen molar-refractivity contribution in [3.05, 3.63) is 54.6 Å². The maximum atomic E-state index is 12.2. The second-order valence-electron chi connectivity index (χ2n) is 6.40. The minimum absolute atomic E-state index is 0.0968. The van der Waals surface area contributed by atoms with Crippen LogP contribution in [0.2, 0.25) is 0 Å². The van der Waals surface area contributed by atoms with Gasteiger partial charge in [-0.15, -0.1) is 13.2 Å². The van der Waals surface area contributed by atoms with Gasteiger partial charge in [0, 0.05) is 5.69 Å². The first kappa shape index (κ1) is 23.0. The summed E-state index contributed by atoms with van der Waals surface area (Å²) >= 11 is 0. The van der Waals surface area contributed by atoms with Crippen molar-refractivity contribution in [2.24, 2.45) is 0 Å². The average Bonchev–Trinajstić information content (AvgIpc) is 2.71. The molecule has 2 aromatic carbocycles. The van der Waals surface area contributed by atoms with E-state index in [-0.39, 0.29) is 18.8 Å². The molecule has 0 radical (unpaired) electrons. The van der Waals surface area contributed by atoms with E-state index in [9.17, 15) is 22.8 Å². The number of methoxy groups -OCH3 is 1. The summed E-state index contributed by atoms with van der Waals surface area (Å²) in [6.07, 6.45) is -4.80. The van der Waals surface area contributed by atoms with Crippen LogP contribution in [0.15, 0.2) is 54.6 Å². The number of anilines is 1. The quantitative estimate of drug-likeness (QED) is 0.600. The number of esters is 1. The van der Waals surface area contributed by atoms with E-state index in [4.69, 9.17) is 9.47 Å². The van der Waals surface area contributed by atoms with Gasteiger partial charge in [-0.05, 0) is 43.3 Å². The molecule has 0 aliphatic carbocycles. The molecular formula is C20H21F3N2O5. The molecule has 0 aliphatic rings. The number of ether oxygens (including phenoxy) is 3. The van der Waals surface area contributed by atoms with Crippen LogP contribution in [0.4, 0.5) is 18.9 Å². The lowest BCUT2D eigenvalue weighted by atomic mass is 10.0. The molecule has 0 heterocycles. The Bertz CT molecular complexity index is 844. The lowest BCUT2D eigenvalue weighted by Gasteiger charge is -2.27. The van der Waals surface area contributed by atoms with Gasteiger partial charge in [0.25, 0.3) is 0 Å². The van der Waals surface area contributed by atoms with E-state index in [1.807, 2.05) is 6.07 Å². The summed E-state index contributed by atoms with van der Waals surface area (Å²) < 4.78 is 50.7. The van der Waals surface area contributed by atoms with E-state index in [0.717, 1.165) is 12.1 Å². The third-order valence-corrected chi connectivity index (χ3v) is 3.92. The van der Waals surface area contributed by atoms with Crippen LogP contribution in [-0.4, -0.2) is 44.0 Å². The Labute approximate surface area is 171 Å². The van der Waals surface area contributed by atoms with Gasteiger partial charge in [-0.25, -0.2) is 4.79 Å². The molecule has 2 rings (SSSR count). The van der Waals surface area contributed by atoms with Gasteiger partial charge in [-0.1, -0.05) is 18.2 Å². The highest BCUT2D eigenvalue weighted by molar-refractivity contribution is 5.93. The SMILES string of the molecule is COC(=O)C(C)(COc1ccccc1)NCC(=O)Nc1ccc(OC(F)(F)F)cc1. The number of amides is 1. The summed E-state index contributed by atoms with van der Waals surface area (Å²) in [5, 5.41) is 5.30. The first-order valence-corrected chi connectivity index (χ1v) is 8.78. The van der Waals surface area contributed by atoms with E-state index in [1.54, 1.807) is 24.3 Å². The van der Waals surface area contributed by atoms with Crippen molar-refractivity contribution >= 4 is 17.6 Å². The van der Waals surface area contributed by atoms with E-state index in [1.165, 1.54) is 26.2 Å². The maximum Gasteiger partial charge on any atom is 0.573 e. The number of benzene rings is 2. The molecule has 0 aliphatic heterocycles. The fourth-order valence-electron chi connectivity index (χ4n) is 2.37. The molecular weight excluding hydrogens is 405 g/mol. The molecule has 1 atom stereocenters. The van der Waals surface area contributed by atoms with Crippen LogP contribution in [-0.2, 0) is 14.3 Å². The third-order valence-electron chi connectivity index (χ3n) is 3.92. The van der Waals surface area contributed by atoms with Crippen molar-refractivity contribution in [3.63, 3.8) is 0 Å². The fraction of sp³-hybridized carbons (Fsp3) is 0.300. The van der Waals surface area contributed by atoms with Gasteiger partial charge in [0.05, 0.1) is 13.7 Å². The molecule has 1 amide bonds. The molecule has 0 bridgehead atoms. The smallest absolute Gasteiger partial charge is 0.491 e. The number of rotatable bonds is 9. The van der Waals surface area contributed by atoms with E-state index in [2.05, 4.69) is 15.4 Å². The monoisotopic (exact) mass is 426 g/mol. The second kappa shape index (κ2) is 9.97. The molecule has 0 saturated carbocycles. The summed E-state index contributed by atoms with van der Waals surface area (Å²) in [7, 11) is 1.22. The number of hydrogen-bond acceptors (Lipinski definition) is 6. The number of alkyl halides is 3. The standard InChI is InChI=1S/C20H21F3N2O5/c1-19(18(27)28-2,13-29-15-6-4-3-5-7-15)24-12-17(26)25-14-8-10-16(11-9-14)30-20(21,22)23/h3-11,24H,12-13H2,1-2H3,(H,25,26). The van der Waals surface area contributed by atoms with Gasteiger partial charge < -0.3 is 19.5 Å². The van der Waals surface area contributed by atoms with Crippen LogP contribution in [0, 0.1) is 0 Å². The summed E-state index contributed by atoms with van der Waals surface area (Å²) in [5.74, 6) is -1.01. The Morgan fingerprint density at radius 1 is 0.967 bits per heavy atom. The zero-order chi connectivity index (χ0) is 22.2.